The molecular weight excluding hydrogens is 322 g/mol. The lowest BCUT2D eigenvalue weighted by Crippen LogP contribution is -2.20. The molecule has 0 saturated heterocycles. The summed E-state index contributed by atoms with van der Waals surface area (Å²) in [6, 6.07) is 6.03. The molecule has 0 amide bonds. The average molecular weight is 335 g/mol. The summed E-state index contributed by atoms with van der Waals surface area (Å²) in [6.45, 7) is 4.90. The van der Waals surface area contributed by atoms with E-state index >= 15 is 0 Å². The first kappa shape index (κ1) is 13.1. The van der Waals surface area contributed by atoms with Gasteiger partial charge in [0.2, 0.25) is 0 Å². The van der Waals surface area contributed by atoms with Gasteiger partial charge in [-0.2, -0.15) is 0 Å². The lowest BCUT2D eigenvalue weighted by atomic mass is 10.2. The van der Waals surface area contributed by atoms with Crippen molar-refractivity contribution in [3.05, 3.63) is 43.4 Å². The predicted octanol–water partition coefficient (Wildman–Crippen LogP) is 4.76. The Morgan fingerprint density at radius 2 is 2.29 bits per heavy atom. The van der Waals surface area contributed by atoms with Crippen LogP contribution >= 0.6 is 38.9 Å². The second kappa shape index (κ2) is 5.57. The molecule has 0 aromatic carbocycles. The van der Waals surface area contributed by atoms with Gasteiger partial charge in [0, 0.05) is 4.88 Å². The standard InChI is InChI=1S/C12H13BrClNOS/c1-3-15-11(9-5-4-7(2)16-9)10-6-8(14)12(13)17-10/h4-6,11,15H,3H2,1-2H3. The first-order valence-corrected chi connectivity index (χ1v) is 7.35. The molecule has 2 heterocycles. The number of rotatable bonds is 4. The van der Waals surface area contributed by atoms with E-state index in [-0.39, 0.29) is 6.04 Å². The van der Waals surface area contributed by atoms with Gasteiger partial charge in [-0.1, -0.05) is 18.5 Å². The molecule has 17 heavy (non-hydrogen) atoms. The molecule has 0 aliphatic heterocycles. The maximum Gasteiger partial charge on any atom is 0.126 e. The van der Waals surface area contributed by atoms with Gasteiger partial charge in [-0.05, 0) is 47.6 Å². The van der Waals surface area contributed by atoms with Crippen molar-refractivity contribution < 1.29 is 4.42 Å². The Labute approximate surface area is 118 Å². The Balaban J connectivity index is 2.34. The fraction of sp³-hybridized carbons (Fsp3) is 0.333. The Hall–Kier alpha value is -0.290. The second-order valence-electron chi connectivity index (χ2n) is 3.71. The summed E-state index contributed by atoms with van der Waals surface area (Å²) < 4.78 is 6.65. The van der Waals surface area contributed by atoms with Gasteiger partial charge in [0.1, 0.15) is 17.6 Å². The zero-order valence-electron chi connectivity index (χ0n) is 9.59. The van der Waals surface area contributed by atoms with Gasteiger partial charge in [-0.15, -0.1) is 11.3 Å². The maximum absolute atomic E-state index is 6.07. The Kier molecular flexibility index (Phi) is 4.31. The lowest BCUT2D eigenvalue weighted by molar-refractivity contribution is 0.437. The number of furan rings is 1. The zero-order valence-corrected chi connectivity index (χ0v) is 12.7. The van der Waals surface area contributed by atoms with Crippen LogP contribution in [0.1, 0.15) is 29.4 Å². The van der Waals surface area contributed by atoms with Gasteiger partial charge in [0.25, 0.3) is 0 Å². The number of hydrogen-bond donors (Lipinski definition) is 1. The fourth-order valence-corrected chi connectivity index (χ4v) is 3.49. The third-order valence-corrected chi connectivity index (χ3v) is 4.94. The molecule has 0 aliphatic rings. The van der Waals surface area contributed by atoms with Gasteiger partial charge in [0.15, 0.2) is 0 Å². The van der Waals surface area contributed by atoms with E-state index in [9.17, 15) is 0 Å². The van der Waals surface area contributed by atoms with Crippen LogP contribution in [0.5, 0.6) is 0 Å². The summed E-state index contributed by atoms with van der Waals surface area (Å²) in [7, 11) is 0. The highest BCUT2D eigenvalue weighted by molar-refractivity contribution is 9.11. The first-order chi connectivity index (χ1) is 8.11. The molecule has 2 aromatic heterocycles. The van der Waals surface area contributed by atoms with E-state index in [4.69, 9.17) is 16.0 Å². The summed E-state index contributed by atoms with van der Waals surface area (Å²) in [6.07, 6.45) is 0. The van der Waals surface area contributed by atoms with Crippen LogP contribution in [0.25, 0.3) is 0 Å². The van der Waals surface area contributed by atoms with Gasteiger partial charge >= 0.3 is 0 Å². The molecule has 5 heteroatoms. The molecule has 0 saturated carbocycles. The maximum atomic E-state index is 6.07. The van der Waals surface area contributed by atoms with Gasteiger partial charge in [-0.25, -0.2) is 0 Å². The van der Waals surface area contributed by atoms with Crippen molar-refractivity contribution in [1.29, 1.82) is 0 Å². The molecular formula is C12H13BrClNOS. The Morgan fingerprint density at radius 1 is 1.53 bits per heavy atom. The summed E-state index contributed by atoms with van der Waals surface area (Å²) in [5, 5.41) is 4.15. The number of aryl methyl sites for hydroxylation is 1. The first-order valence-electron chi connectivity index (χ1n) is 5.36. The van der Waals surface area contributed by atoms with E-state index in [1.807, 2.05) is 25.1 Å². The van der Waals surface area contributed by atoms with Gasteiger partial charge in [0.05, 0.1) is 8.81 Å². The number of thiophene rings is 1. The van der Waals surface area contributed by atoms with E-state index in [1.54, 1.807) is 11.3 Å². The fourth-order valence-electron chi connectivity index (χ4n) is 1.66. The molecule has 1 unspecified atom stereocenters. The second-order valence-corrected chi connectivity index (χ2v) is 6.52. The number of nitrogens with one attached hydrogen (secondary N) is 1. The van der Waals surface area contributed by atoms with E-state index in [1.165, 1.54) is 0 Å². The van der Waals surface area contributed by atoms with Crippen LogP contribution in [0.2, 0.25) is 5.02 Å². The molecule has 0 aliphatic carbocycles. The monoisotopic (exact) mass is 333 g/mol. The Morgan fingerprint density at radius 3 is 2.76 bits per heavy atom. The van der Waals surface area contributed by atoms with Gasteiger partial charge < -0.3 is 9.73 Å². The normalized spacial score (nSPS) is 12.9. The van der Waals surface area contributed by atoms with E-state index < -0.39 is 0 Å². The van der Waals surface area contributed by atoms with Crippen LogP contribution in [-0.2, 0) is 0 Å². The third-order valence-electron chi connectivity index (χ3n) is 2.40. The SMILES string of the molecule is CCNC(c1ccc(C)o1)c1cc(Cl)c(Br)s1. The van der Waals surface area contributed by atoms with E-state index in [2.05, 4.69) is 28.2 Å². The highest BCUT2D eigenvalue weighted by Gasteiger charge is 2.19. The summed E-state index contributed by atoms with van der Waals surface area (Å²) >= 11 is 11.1. The van der Waals surface area contributed by atoms with Crippen molar-refractivity contribution in [2.75, 3.05) is 6.54 Å². The van der Waals surface area contributed by atoms with Crippen molar-refractivity contribution in [3.8, 4) is 0 Å². The average Bonchev–Trinajstić information content (AvgIpc) is 2.83. The van der Waals surface area contributed by atoms with Crippen molar-refractivity contribution in [2.24, 2.45) is 0 Å². The predicted molar refractivity (Wildman–Crippen MR) is 76.0 cm³/mol. The molecule has 2 rings (SSSR count). The summed E-state index contributed by atoms with van der Waals surface area (Å²) in [5.41, 5.74) is 0. The van der Waals surface area contributed by atoms with Gasteiger partial charge in [-0.3, -0.25) is 0 Å². The van der Waals surface area contributed by atoms with Crippen molar-refractivity contribution in [3.63, 3.8) is 0 Å². The molecule has 1 atom stereocenters. The molecule has 2 nitrogen and oxygen atoms in total. The van der Waals surface area contributed by atoms with E-state index in [0.717, 1.165) is 31.8 Å². The van der Waals surface area contributed by atoms with Crippen LogP contribution < -0.4 is 5.32 Å². The quantitative estimate of drug-likeness (QED) is 0.871. The molecule has 0 radical (unpaired) electrons. The number of hydrogen-bond acceptors (Lipinski definition) is 3. The molecule has 0 spiro atoms. The molecule has 0 bridgehead atoms. The van der Waals surface area contributed by atoms with Crippen LogP contribution in [0.3, 0.4) is 0 Å². The minimum absolute atomic E-state index is 0.0718. The van der Waals surface area contributed by atoms with Crippen molar-refractivity contribution >= 4 is 38.9 Å². The molecule has 2 aromatic rings. The largest absolute Gasteiger partial charge is 0.464 e. The van der Waals surface area contributed by atoms with Crippen LogP contribution in [-0.4, -0.2) is 6.54 Å². The molecule has 1 N–H and O–H groups in total. The minimum atomic E-state index is 0.0718. The lowest BCUT2D eigenvalue weighted by Gasteiger charge is -2.13. The molecule has 92 valence electrons. The van der Waals surface area contributed by atoms with Crippen molar-refractivity contribution in [1.82, 2.24) is 5.32 Å². The van der Waals surface area contributed by atoms with Crippen LogP contribution in [0.4, 0.5) is 0 Å². The van der Waals surface area contributed by atoms with Crippen molar-refractivity contribution in [2.45, 2.75) is 19.9 Å². The summed E-state index contributed by atoms with van der Waals surface area (Å²) in [5.74, 6) is 1.85. The third kappa shape index (κ3) is 2.94. The highest BCUT2D eigenvalue weighted by Crippen LogP contribution is 2.37. The summed E-state index contributed by atoms with van der Waals surface area (Å²) in [4.78, 5) is 1.15. The van der Waals surface area contributed by atoms with Crippen LogP contribution in [0.15, 0.2) is 26.4 Å². The minimum Gasteiger partial charge on any atom is -0.464 e. The highest BCUT2D eigenvalue weighted by atomic mass is 79.9. The van der Waals surface area contributed by atoms with E-state index in [0.29, 0.717) is 0 Å². The smallest absolute Gasteiger partial charge is 0.126 e. The molecule has 0 fully saturated rings. The Bertz CT molecular complexity index is 489. The topological polar surface area (TPSA) is 25.2 Å². The zero-order chi connectivity index (χ0) is 12.4. The van der Waals surface area contributed by atoms with Crippen LogP contribution in [0, 0.1) is 6.92 Å². The number of halogens is 2.